The van der Waals surface area contributed by atoms with E-state index in [0.717, 1.165) is 19.3 Å². The Morgan fingerprint density at radius 3 is 2.74 bits per heavy atom. The summed E-state index contributed by atoms with van der Waals surface area (Å²) in [5, 5.41) is 2.18. The van der Waals surface area contributed by atoms with Crippen LogP contribution in [0.3, 0.4) is 0 Å². The maximum atomic E-state index is 11.8. The van der Waals surface area contributed by atoms with Crippen molar-refractivity contribution in [3.8, 4) is 0 Å². The molecule has 1 N–H and O–H groups in total. The molecule has 2 rings (SSSR count). The van der Waals surface area contributed by atoms with Gasteiger partial charge in [0, 0.05) is 19.5 Å². The van der Waals surface area contributed by atoms with Crippen molar-refractivity contribution >= 4 is 21.7 Å². The fourth-order valence-electron chi connectivity index (χ4n) is 2.58. The van der Waals surface area contributed by atoms with E-state index in [-0.39, 0.29) is 30.7 Å². The summed E-state index contributed by atoms with van der Waals surface area (Å²) in [5.74, 6) is -0.0468. The van der Waals surface area contributed by atoms with E-state index in [2.05, 4.69) is 5.32 Å². The molecule has 0 saturated carbocycles. The van der Waals surface area contributed by atoms with Gasteiger partial charge in [-0.25, -0.2) is 8.42 Å². The molecule has 0 radical (unpaired) electrons. The van der Waals surface area contributed by atoms with Gasteiger partial charge < -0.3 is 10.2 Å². The van der Waals surface area contributed by atoms with Crippen LogP contribution in [0.5, 0.6) is 0 Å². The minimum Gasteiger partial charge on any atom is -0.353 e. The number of likely N-dealkylation sites (tertiary alicyclic amines) is 1. The summed E-state index contributed by atoms with van der Waals surface area (Å²) in [6.45, 7) is 0.836. The molecule has 1 atom stereocenters. The second kappa shape index (κ2) is 5.90. The first-order valence-corrected chi connectivity index (χ1v) is 8.46. The van der Waals surface area contributed by atoms with Crippen molar-refractivity contribution in [1.82, 2.24) is 10.2 Å². The maximum Gasteiger partial charge on any atom is 0.239 e. The molecule has 0 aromatic heterocycles. The summed E-state index contributed by atoms with van der Waals surface area (Å²) >= 11 is 0. The van der Waals surface area contributed by atoms with Gasteiger partial charge >= 0.3 is 0 Å². The number of rotatable bonds is 4. The van der Waals surface area contributed by atoms with Gasteiger partial charge in [-0.2, -0.15) is 0 Å². The molecule has 7 heteroatoms. The van der Waals surface area contributed by atoms with E-state index >= 15 is 0 Å². The molecule has 19 heavy (non-hydrogen) atoms. The van der Waals surface area contributed by atoms with Crippen LogP contribution >= 0.6 is 0 Å². The predicted octanol–water partition coefficient (Wildman–Crippen LogP) is -0.308. The van der Waals surface area contributed by atoms with Crippen molar-refractivity contribution < 1.29 is 18.0 Å². The summed E-state index contributed by atoms with van der Waals surface area (Å²) in [6, 6.07) is 0. The molecule has 0 aliphatic carbocycles. The summed E-state index contributed by atoms with van der Waals surface area (Å²) in [4.78, 5) is 24.6. The Bertz CT molecular complexity index is 460. The average molecular weight is 288 g/mol. The van der Waals surface area contributed by atoms with Crippen LogP contribution in [0.25, 0.3) is 0 Å². The smallest absolute Gasteiger partial charge is 0.239 e. The van der Waals surface area contributed by atoms with E-state index in [1.165, 1.54) is 4.90 Å². The lowest BCUT2D eigenvalue weighted by Gasteiger charge is -2.23. The molecule has 2 aliphatic heterocycles. The number of hydrogen-bond donors (Lipinski definition) is 1. The third-order valence-corrected chi connectivity index (χ3v) is 6.02. The van der Waals surface area contributed by atoms with Crippen LogP contribution in [0, 0.1) is 0 Å². The van der Waals surface area contributed by atoms with Crippen LogP contribution in [0.4, 0.5) is 0 Å². The van der Waals surface area contributed by atoms with E-state index < -0.39 is 15.1 Å². The lowest BCUT2D eigenvalue weighted by Crippen LogP contribution is -2.43. The van der Waals surface area contributed by atoms with Crippen molar-refractivity contribution in [2.24, 2.45) is 0 Å². The number of carbonyl (C=O) groups excluding carboxylic acids is 2. The second-order valence-electron chi connectivity index (χ2n) is 5.21. The lowest BCUT2D eigenvalue weighted by atomic mass is 10.2. The van der Waals surface area contributed by atoms with Gasteiger partial charge in [0.15, 0.2) is 9.84 Å². The highest BCUT2D eigenvalue weighted by molar-refractivity contribution is 7.92. The molecule has 2 amide bonds. The molecule has 2 heterocycles. The maximum absolute atomic E-state index is 11.8. The van der Waals surface area contributed by atoms with E-state index in [1.807, 2.05) is 0 Å². The van der Waals surface area contributed by atoms with Gasteiger partial charge in [0.25, 0.3) is 0 Å². The van der Waals surface area contributed by atoms with Crippen LogP contribution in [0.15, 0.2) is 0 Å². The minimum absolute atomic E-state index is 0.000405. The third kappa shape index (κ3) is 3.68. The zero-order chi connectivity index (χ0) is 13.9. The fraction of sp³-hybridized carbons (Fsp3) is 0.833. The average Bonchev–Trinajstić information content (AvgIpc) is 2.73. The fourth-order valence-corrected chi connectivity index (χ4v) is 4.38. The lowest BCUT2D eigenvalue weighted by molar-refractivity contribution is -0.133. The van der Waals surface area contributed by atoms with Gasteiger partial charge in [0.1, 0.15) is 0 Å². The number of nitrogens with zero attached hydrogens (tertiary/aromatic N) is 1. The van der Waals surface area contributed by atoms with Crippen molar-refractivity contribution in [2.45, 2.75) is 37.4 Å². The summed E-state index contributed by atoms with van der Waals surface area (Å²) < 4.78 is 23.6. The number of carbonyl (C=O) groups is 2. The molecule has 108 valence electrons. The Morgan fingerprint density at radius 1 is 1.32 bits per heavy atom. The van der Waals surface area contributed by atoms with Crippen LogP contribution in [-0.2, 0) is 19.4 Å². The van der Waals surface area contributed by atoms with Gasteiger partial charge in [0.2, 0.25) is 11.8 Å². The van der Waals surface area contributed by atoms with Crippen LogP contribution in [0.1, 0.15) is 32.1 Å². The van der Waals surface area contributed by atoms with Gasteiger partial charge in [-0.15, -0.1) is 0 Å². The summed E-state index contributed by atoms with van der Waals surface area (Å²) in [6.07, 6.45) is 3.53. The van der Waals surface area contributed by atoms with Crippen LogP contribution < -0.4 is 5.32 Å². The highest BCUT2D eigenvalue weighted by Gasteiger charge is 2.29. The topological polar surface area (TPSA) is 83.6 Å². The highest BCUT2D eigenvalue weighted by Crippen LogP contribution is 2.18. The van der Waals surface area contributed by atoms with Gasteiger partial charge in [-0.05, 0) is 19.3 Å². The normalized spacial score (nSPS) is 26.4. The molecule has 2 aliphatic rings. The molecule has 6 nitrogen and oxygen atoms in total. The molecular weight excluding hydrogens is 268 g/mol. The molecular formula is C12H20N2O4S. The Kier molecular flexibility index (Phi) is 4.44. The summed E-state index contributed by atoms with van der Waals surface area (Å²) in [7, 11) is -3.05. The molecule has 0 aromatic rings. The van der Waals surface area contributed by atoms with Gasteiger partial charge in [-0.3, -0.25) is 9.59 Å². The Labute approximate surface area is 113 Å². The first-order valence-electron chi connectivity index (χ1n) is 6.75. The second-order valence-corrected chi connectivity index (χ2v) is 7.61. The zero-order valence-corrected chi connectivity index (χ0v) is 11.7. The van der Waals surface area contributed by atoms with Crippen molar-refractivity contribution in [3.63, 3.8) is 0 Å². The largest absolute Gasteiger partial charge is 0.353 e. The van der Waals surface area contributed by atoms with Crippen molar-refractivity contribution in [3.05, 3.63) is 0 Å². The third-order valence-electron chi connectivity index (χ3n) is 3.75. The predicted molar refractivity (Wildman–Crippen MR) is 70.2 cm³/mol. The quantitative estimate of drug-likeness (QED) is 0.769. The summed E-state index contributed by atoms with van der Waals surface area (Å²) in [5.41, 5.74) is 0. The van der Waals surface area contributed by atoms with Crippen LogP contribution in [-0.4, -0.2) is 55.8 Å². The Morgan fingerprint density at radius 2 is 2.11 bits per heavy atom. The Hall–Kier alpha value is -1.11. The molecule has 0 spiro atoms. The standard InChI is InChI=1S/C12H20N2O4S/c15-11(9-14-6-3-5-12(14)16)13-8-10-4-1-2-7-19(10,17)18/h10H,1-9H2,(H,13,15). The zero-order valence-electron chi connectivity index (χ0n) is 10.9. The molecule has 1 unspecified atom stereocenters. The van der Waals surface area contributed by atoms with Crippen LogP contribution in [0.2, 0.25) is 0 Å². The van der Waals surface area contributed by atoms with Gasteiger partial charge in [-0.1, -0.05) is 6.42 Å². The highest BCUT2D eigenvalue weighted by atomic mass is 32.2. The number of hydrogen-bond acceptors (Lipinski definition) is 4. The number of amides is 2. The number of sulfone groups is 1. The number of nitrogens with one attached hydrogen (secondary N) is 1. The minimum atomic E-state index is -3.05. The molecule has 2 fully saturated rings. The van der Waals surface area contributed by atoms with E-state index in [4.69, 9.17) is 0 Å². The monoisotopic (exact) mass is 288 g/mol. The Balaban J connectivity index is 1.78. The van der Waals surface area contributed by atoms with Gasteiger partial charge in [0.05, 0.1) is 17.5 Å². The molecule has 2 saturated heterocycles. The van der Waals surface area contributed by atoms with E-state index in [1.54, 1.807) is 0 Å². The molecule has 0 aromatic carbocycles. The van der Waals surface area contributed by atoms with Crippen molar-refractivity contribution in [2.75, 3.05) is 25.4 Å². The first-order chi connectivity index (χ1) is 8.99. The first kappa shape index (κ1) is 14.3. The van der Waals surface area contributed by atoms with E-state index in [9.17, 15) is 18.0 Å². The molecule has 0 bridgehead atoms. The SMILES string of the molecule is O=C(CN1CCCC1=O)NCC1CCCCS1(=O)=O. The van der Waals surface area contributed by atoms with Crippen molar-refractivity contribution in [1.29, 1.82) is 0 Å². The van der Waals surface area contributed by atoms with E-state index in [0.29, 0.717) is 19.4 Å².